The zero-order chi connectivity index (χ0) is 30.0. The van der Waals surface area contributed by atoms with Crippen molar-refractivity contribution in [2.45, 2.75) is 94.9 Å². The van der Waals surface area contributed by atoms with Gasteiger partial charge < -0.3 is 14.6 Å². The van der Waals surface area contributed by atoms with Crippen molar-refractivity contribution in [2.24, 2.45) is 5.92 Å². The van der Waals surface area contributed by atoms with Crippen LogP contribution in [0.1, 0.15) is 80.4 Å². The normalized spacial score (nSPS) is 18.0. The highest BCUT2D eigenvalue weighted by atomic mass is 32.2. The van der Waals surface area contributed by atoms with Crippen LogP contribution < -0.4 is 10.0 Å². The van der Waals surface area contributed by atoms with Gasteiger partial charge in [-0.3, -0.25) is 4.79 Å². The molecule has 1 aromatic carbocycles. The highest BCUT2D eigenvalue weighted by Gasteiger charge is 2.39. The van der Waals surface area contributed by atoms with Crippen molar-refractivity contribution in [1.29, 1.82) is 0 Å². The fourth-order valence-electron chi connectivity index (χ4n) is 5.67. The maximum absolute atomic E-state index is 14.3. The summed E-state index contributed by atoms with van der Waals surface area (Å²) in [5.74, 6) is 0.0137. The third-order valence-electron chi connectivity index (χ3n) is 7.95. The van der Waals surface area contributed by atoms with E-state index in [-0.39, 0.29) is 17.5 Å². The molecule has 1 amide bonds. The molecule has 0 spiro atoms. The van der Waals surface area contributed by atoms with Crippen molar-refractivity contribution in [3.63, 3.8) is 0 Å². The zero-order valence-electron chi connectivity index (χ0n) is 23.7. The summed E-state index contributed by atoms with van der Waals surface area (Å²) in [5, 5.41) is 3.03. The number of rotatable bonds is 9. The van der Waals surface area contributed by atoms with Gasteiger partial charge in [0, 0.05) is 37.2 Å². The molecule has 1 saturated carbocycles. The molecule has 2 N–H and O–H groups in total. The smallest absolute Gasteiger partial charge is 0.381 e. The SMILES string of the molecule is Cc1c(C(=O)NC2CCOCC2)cc(-c2ccc(S(=O)(=O)NC(C)(C)CF)c(C(F)(F)F)c2)n1CC1CCCCC1. The number of carbonyl (C=O) groups is 1. The summed E-state index contributed by atoms with van der Waals surface area (Å²) < 4.78 is 91.4. The van der Waals surface area contributed by atoms with Gasteiger partial charge in [-0.1, -0.05) is 25.3 Å². The van der Waals surface area contributed by atoms with Crippen LogP contribution >= 0.6 is 0 Å². The van der Waals surface area contributed by atoms with Gasteiger partial charge in [-0.2, -0.15) is 13.2 Å². The van der Waals surface area contributed by atoms with E-state index in [4.69, 9.17) is 4.74 Å². The minimum absolute atomic E-state index is 0.0526. The summed E-state index contributed by atoms with van der Waals surface area (Å²) in [6.07, 6.45) is 1.62. The Morgan fingerprint density at radius 3 is 2.32 bits per heavy atom. The molecular weight excluding hydrogens is 562 g/mol. The van der Waals surface area contributed by atoms with Crippen LogP contribution in [0.3, 0.4) is 0 Å². The predicted octanol–water partition coefficient (Wildman–Crippen LogP) is 6.00. The number of nitrogens with one attached hydrogen (secondary N) is 2. The molecule has 1 aromatic heterocycles. The molecule has 0 radical (unpaired) electrons. The number of alkyl halides is 4. The first-order valence-corrected chi connectivity index (χ1v) is 15.6. The molecule has 2 fully saturated rings. The zero-order valence-corrected chi connectivity index (χ0v) is 24.6. The van der Waals surface area contributed by atoms with Gasteiger partial charge in [-0.15, -0.1) is 0 Å². The quantitative estimate of drug-likeness (QED) is 0.345. The van der Waals surface area contributed by atoms with Crippen LogP contribution in [-0.4, -0.2) is 50.4 Å². The molecule has 2 aromatic rings. The average Bonchev–Trinajstić information content (AvgIpc) is 3.24. The first-order chi connectivity index (χ1) is 19.2. The first kappa shape index (κ1) is 31.5. The van der Waals surface area contributed by atoms with E-state index < -0.39 is 38.9 Å². The predicted molar refractivity (Wildman–Crippen MR) is 148 cm³/mol. The van der Waals surface area contributed by atoms with Gasteiger partial charge in [0.15, 0.2) is 0 Å². The van der Waals surface area contributed by atoms with Crippen LogP contribution in [0, 0.1) is 12.8 Å². The molecule has 1 aliphatic carbocycles. The third kappa shape index (κ3) is 7.50. The average molecular weight is 602 g/mol. The molecule has 0 unspecified atom stereocenters. The maximum Gasteiger partial charge on any atom is 0.417 e. The third-order valence-corrected chi connectivity index (χ3v) is 9.70. The van der Waals surface area contributed by atoms with Crippen LogP contribution in [0.4, 0.5) is 17.6 Å². The fraction of sp³-hybridized carbons (Fsp3) is 0.621. The van der Waals surface area contributed by atoms with Crippen molar-refractivity contribution >= 4 is 15.9 Å². The Morgan fingerprint density at radius 2 is 1.71 bits per heavy atom. The summed E-state index contributed by atoms with van der Waals surface area (Å²) in [7, 11) is -4.70. The molecule has 41 heavy (non-hydrogen) atoms. The number of halogens is 4. The Kier molecular flexibility index (Phi) is 9.55. The van der Waals surface area contributed by atoms with Gasteiger partial charge in [-0.25, -0.2) is 17.5 Å². The van der Waals surface area contributed by atoms with E-state index in [1.165, 1.54) is 19.9 Å². The van der Waals surface area contributed by atoms with Gasteiger partial charge >= 0.3 is 6.18 Å². The van der Waals surface area contributed by atoms with Gasteiger partial charge in [0.2, 0.25) is 10.0 Å². The molecule has 1 aliphatic heterocycles. The molecular formula is C29H39F4N3O4S. The van der Waals surface area contributed by atoms with Crippen molar-refractivity contribution < 1.29 is 35.5 Å². The molecule has 0 bridgehead atoms. The number of amides is 1. The number of sulfonamides is 1. The Bertz CT molecular complexity index is 1340. The van der Waals surface area contributed by atoms with E-state index >= 15 is 0 Å². The minimum atomic E-state index is -5.00. The Balaban J connectivity index is 1.78. The number of benzene rings is 1. The Hall–Kier alpha value is -2.44. The lowest BCUT2D eigenvalue weighted by atomic mass is 9.89. The summed E-state index contributed by atoms with van der Waals surface area (Å²) in [6.45, 7) is 4.82. The minimum Gasteiger partial charge on any atom is -0.381 e. The number of hydrogen-bond donors (Lipinski definition) is 2. The molecule has 228 valence electrons. The summed E-state index contributed by atoms with van der Waals surface area (Å²) in [5.41, 5.74) is -1.36. The van der Waals surface area contributed by atoms with Crippen LogP contribution in [0.15, 0.2) is 29.2 Å². The molecule has 4 rings (SSSR count). The number of nitrogens with zero attached hydrogens (tertiary/aromatic N) is 1. The highest BCUT2D eigenvalue weighted by Crippen LogP contribution is 2.39. The lowest BCUT2D eigenvalue weighted by Gasteiger charge is -2.25. The van der Waals surface area contributed by atoms with Crippen molar-refractivity contribution in [2.75, 3.05) is 19.9 Å². The van der Waals surface area contributed by atoms with E-state index in [2.05, 4.69) is 5.32 Å². The lowest BCUT2D eigenvalue weighted by Crippen LogP contribution is -2.45. The van der Waals surface area contributed by atoms with Gasteiger partial charge in [0.1, 0.15) is 6.67 Å². The van der Waals surface area contributed by atoms with Gasteiger partial charge in [0.05, 0.1) is 21.6 Å². The molecule has 7 nitrogen and oxygen atoms in total. The van der Waals surface area contributed by atoms with Crippen LogP contribution in [0.25, 0.3) is 11.3 Å². The van der Waals surface area contributed by atoms with Crippen LogP contribution in [0.2, 0.25) is 0 Å². The summed E-state index contributed by atoms with van der Waals surface area (Å²) in [4.78, 5) is 12.4. The molecule has 12 heteroatoms. The number of aromatic nitrogens is 1. The van der Waals surface area contributed by atoms with Gasteiger partial charge in [0.25, 0.3) is 5.91 Å². The van der Waals surface area contributed by atoms with Crippen molar-refractivity contribution in [3.8, 4) is 11.3 Å². The second kappa shape index (κ2) is 12.4. The van der Waals surface area contributed by atoms with E-state index in [1.54, 1.807) is 13.0 Å². The van der Waals surface area contributed by atoms with E-state index in [9.17, 15) is 30.8 Å². The van der Waals surface area contributed by atoms with E-state index in [0.29, 0.717) is 55.5 Å². The number of ether oxygens (including phenoxy) is 1. The summed E-state index contributed by atoms with van der Waals surface area (Å²) >= 11 is 0. The van der Waals surface area contributed by atoms with Crippen molar-refractivity contribution in [1.82, 2.24) is 14.6 Å². The fourth-order valence-corrected chi connectivity index (χ4v) is 7.28. The van der Waals surface area contributed by atoms with Crippen LogP contribution in [0.5, 0.6) is 0 Å². The topological polar surface area (TPSA) is 89.4 Å². The largest absolute Gasteiger partial charge is 0.417 e. The lowest BCUT2D eigenvalue weighted by molar-refractivity contribution is -0.139. The van der Waals surface area contributed by atoms with E-state index in [1.807, 2.05) is 9.29 Å². The number of hydrogen-bond acceptors (Lipinski definition) is 4. The Labute approximate surface area is 239 Å². The monoisotopic (exact) mass is 601 g/mol. The highest BCUT2D eigenvalue weighted by molar-refractivity contribution is 7.89. The number of carbonyl (C=O) groups excluding carboxylic acids is 1. The van der Waals surface area contributed by atoms with E-state index in [0.717, 1.165) is 44.2 Å². The standard InChI is InChI=1S/C29H39F4N3O4S/c1-19-23(27(37)34-22-11-13-40-14-12-22)16-25(36(19)17-20-7-5-4-6-8-20)21-9-10-26(24(15-21)29(31,32)33)41(38,39)35-28(2,3)18-30/h9-10,15-16,20,22,35H,4-8,11-14,17-18H2,1-3H3,(H,34,37). The van der Waals surface area contributed by atoms with Crippen molar-refractivity contribution in [3.05, 3.63) is 41.1 Å². The molecule has 1 saturated heterocycles. The van der Waals surface area contributed by atoms with Gasteiger partial charge in [-0.05, 0) is 76.1 Å². The molecule has 0 atom stereocenters. The summed E-state index contributed by atoms with van der Waals surface area (Å²) in [6, 6.07) is 4.58. The second-order valence-corrected chi connectivity index (χ2v) is 13.5. The van der Waals surface area contributed by atoms with Crippen LogP contribution in [-0.2, 0) is 27.5 Å². The molecule has 2 aliphatic rings. The maximum atomic E-state index is 14.3. The second-order valence-electron chi connectivity index (χ2n) is 11.8. The first-order valence-electron chi connectivity index (χ1n) is 14.1. The molecule has 2 heterocycles. The Morgan fingerprint density at radius 1 is 1.05 bits per heavy atom.